The number of hydrogen-bond donors (Lipinski definition) is 0. The van der Waals surface area contributed by atoms with Gasteiger partial charge in [0.15, 0.2) is 6.29 Å². The van der Waals surface area contributed by atoms with Gasteiger partial charge in [0.1, 0.15) is 5.75 Å². The molecule has 0 spiro atoms. The molecule has 1 aliphatic carbocycles. The van der Waals surface area contributed by atoms with Crippen LogP contribution in [0.3, 0.4) is 0 Å². The van der Waals surface area contributed by atoms with Crippen LogP contribution in [-0.4, -0.2) is 17.3 Å². The normalized spacial score (nSPS) is 15.8. The predicted molar refractivity (Wildman–Crippen MR) is 61.4 cm³/mol. The van der Waals surface area contributed by atoms with Crippen molar-refractivity contribution in [3.8, 4) is 5.75 Å². The molecule has 1 aromatic rings. The van der Waals surface area contributed by atoms with Gasteiger partial charge < -0.3 is 4.74 Å². The molecule has 0 bridgehead atoms. The Hall–Kier alpha value is -1.91. The highest BCUT2D eigenvalue weighted by molar-refractivity contribution is 5.80. The van der Waals surface area contributed by atoms with Crippen LogP contribution in [0.25, 0.3) is 0 Å². The summed E-state index contributed by atoms with van der Waals surface area (Å²) in [5.41, 5.74) is 0.150. The molecule has 5 nitrogen and oxygen atoms in total. The van der Waals surface area contributed by atoms with Crippen LogP contribution in [0.4, 0.5) is 5.69 Å². The van der Waals surface area contributed by atoms with Crippen LogP contribution in [0, 0.1) is 10.1 Å². The topological polar surface area (TPSA) is 69.4 Å². The second kappa shape index (κ2) is 4.95. The number of ether oxygens (including phenoxy) is 1. The summed E-state index contributed by atoms with van der Waals surface area (Å²) in [5, 5.41) is 10.6. The number of nitro benzene ring substituents is 1. The number of aldehydes is 1. The molecule has 1 fully saturated rings. The lowest BCUT2D eigenvalue weighted by Crippen LogP contribution is -2.12. The zero-order valence-electron chi connectivity index (χ0n) is 9.30. The Balaban J connectivity index is 2.21. The van der Waals surface area contributed by atoms with Crippen LogP contribution in [-0.2, 0) is 0 Å². The fourth-order valence-corrected chi connectivity index (χ4v) is 2.03. The standard InChI is InChI=1S/C12H13NO4/c14-8-9-7-10(13(15)16)5-6-12(9)17-11-3-1-2-4-11/h5-8,11H,1-4H2. The Kier molecular flexibility index (Phi) is 3.37. The van der Waals surface area contributed by atoms with Crippen LogP contribution in [0.1, 0.15) is 36.0 Å². The molecular formula is C12H13NO4. The van der Waals surface area contributed by atoms with Crippen molar-refractivity contribution in [2.45, 2.75) is 31.8 Å². The Bertz CT molecular complexity index is 438. The van der Waals surface area contributed by atoms with Crippen molar-refractivity contribution in [1.29, 1.82) is 0 Å². The van der Waals surface area contributed by atoms with Gasteiger partial charge in [-0.25, -0.2) is 0 Å². The lowest BCUT2D eigenvalue weighted by molar-refractivity contribution is -0.384. The first-order valence-electron chi connectivity index (χ1n) is 5.61. The van der Waals surface area contributed by atoms with Crippen molar-refractivity contribution in [3.05, 3.63) is 33.9 Å². The smallest absolute Gasteiger partial charge is 0.270 e. The molecule has 0 radical (unpaired) electrons. The van der Waals surface area contributed by atoms with Crippen molar-refractivity contribution >= 4 is 12.0 Å². The van der Waals surface area contributed by atoms with E-state index in [-0.39, 0.29) is 17.4 Å². The van der Waals surface area contributed by atoms with E-state index >= 15 is 0 Å². The summed E-state index contributed by atoms with van der Waals surface area (Å²) < 4.78 is 5.68. The van der Waals surface area contributed by atoms with Crippen LogP contribution < -0.4 is 4.74 Å². The van der Waals surface area contributed by atoms with Gasteiger partial charge in [-0.15, -0.1) is 0 Å². The molecule has 2 rings (SSSR count). The number of nitro groups is 1. The van der Waals surface area contributed by atoms with Gasteiger partial charge in [0.25, 0.3) is 5.69 Å². The Morgan fingerprint density at radius 1 is 1.35 bits per heavy atom. The summed E-state index contributed by atoms with van der Waals surface area (Å²) in [5.74, 6) is 0.442. The van der Waals surface area contributed by atoms with Gasteiger partial charge in [-0.05, 0) is 31.7 Å². The Morgan fingerprint density at radius 3 is 2.65 bits per heavy atom. The molecule has 5 heteroatoms. The molecule has 0 atom stereocenters. The monoisotopic (exact) mass is 235 g/mol. The zero-order chi connectivity index (χ0) is 12.3. The second-order valence-corrected chi connectivity index (χ2v) is 4.12. The average molecular weight is 235 g/mol. The Morgan fingerprint density at radius 2 is 2.06 bits per heavy atom. The van der Waals surface area contributed by atoms with Gasteiger partial charge in [-0.2, -0.15) is 0 Å². The highest BCUT2D eigenvalue weighted by Crippen LogP contribution is 2.28. The molecule has 90 valence electrons. The van der Waals surface area contributed by atoms with E-state index in [1.165, 1.54) is 18.2 Å². The van der Waals surface area contributed by atoms with Gasteiger partial charge in [0.05, 0.1) is 16.6 Å². The van der Waals surface area contributed by atoms with E-state index < -0.39 is 4.92 Å². The highest BCUT2D eigenvalue weighted by Gasteiger charge is 2.19. The molecule has 0 amide bonds. The van der Waals surface area contributed by atoms with E-state index in [1.807, 2.05) is 0 Å². The first-order valence-corrected chi connectivity index (χ1v) is 5.61. The predicted octanol–water partition coefficient (Wildman–Crippen LogP) is 2.73. The highest BCUT2D eigenvalue weighted by atomic mass is 16.6. The van der Waals surface area contributed by atoms with Crippen molar-refractivity contribution in [2.75, 3.05) is 0 Å². The van der Waals surface area contributed by atoms with Crippen LogP contribution >= 0.6 is 0 Å². The number of nitrogens with zero attached hydrogens (tertiary/aromatic N) is 1. The quantitative estimate of drug-likeness (QED) is 0.457. The van der Waals surface area contributed by atoms with Crippen LogP contribution in [0.15, 0.2) is 18.2 Å². The third-order valence-corrected chi connectivity index (χ3v) is 2.93. The van der Waals surface area contributed by atoms with E-state index in [1.54, 1.807) is 0 Å². The lowest BCUT2D eigenvalue weighted by Gasteiger charge is -2.14. The molecule has 0 saturated heterocycles. The zero-order valence-corrected chi connectivity index (χ0v) is 9.30. The van der Waals surface area contributed by atoms with Gasteiger partial charge in [0.2, 0.25) is 0 Å². The molecule has 0 N–H and O–H groups in total. The van der Waals surface area contributed by atoms with E-state index in [9.17, 15) is 14.9 Å². The Labute approximate surface area is 98.5 Å². The first-order chi connectivity index (χ1) is 8.20. The summed E-state index contributed by atoms with van der Waals surface area (Å²) in [4.78, 5) is 20.9. The van der Waals surface area contributed by atoms with Gasteiger partial charge in [-0.3, -0.25) is 14.9 Å². The largest absolute Gasteiger partial charge is 0.490 e. The summed E-state index contributed by atoms with van der Waals surface area (Å²) in [7, 11) is 0. The molecule has 1 aliphatic rings. The van der Waals surface area contributed by atoms with Gasteiger partial charge in [0, 0.05) is 12.1 Å². The second-order valence-electron chi connectivity index (χ2n) is 4.12. The first kappa shape index (κ1) is 11.6. The number of rotatable bonds is 4. The molecular weight excluding hydrogens is 222 g/mol. The van der Waals surface area contributed by atoms with Crippen molar-refractivity contribution in [1.82, 2.24) is 0 Å². The van der Waals surface area contributed by atoms with Crippen molar-refractivity contribution < 1.29 is 14.5 Å². The fraction of sp³-hybridized carbons (Fsp3) is 0.417. The van der Waals surface area contributed by atoms with Crippen molar-refractivity contribution in [3.63, 3.8) is 0 Å². The number of benzene rings is 1. The molecule has 0 aliphatic heterocycles. The van der Waals surface area contributed by atoms with Gasteiger partial charge in [-0.1, -0.05) is 0 Å². The summed E-state index contributed by atoms with van der Waals surface area (Å²) in [6.07, 6.45) is 4.96. The molecule has 1 saturated carbocycles. The number of carbonyl (C=O) groups excluding carboxylic acids is 1. The molecule has 17 heavy (non-hydrogen) atoms. The SMILES string of the molecule is O=Cc1cc([N+](=O)[O-])ccc1OC1CCCC1. The summed E-state index contributed by atoms with van der Waals surface area (Å²) >= 11 is 0. The number of non-ortho nitro benzene ring substituents is 1. The van der Waals surface area contributed by atoms with E-state index in [2.05, 4.69) is 0 Å². The number of carbonyl (C=O) groups is 1. The molecule has 1 aromatic carbocycles. The minimum atomic E-state index is -0.521. The molecule has 0 aromatic heterocycles. The van der Waals surface area contributed by atoms with Crippen molar-refractivity contribution in [2.24, 2.45) is 0 Å². The summed E-state index contributed by atoms with van der Waals surface area (Å²) in [6.45, 7) is 0. The molecule has 0 unspecified atom stereocenters. The van der Waals surface area contributed by atoms with Crippen LogP contribution in [0.2, 0.25) is 0 Å². The maximum Gasteiger partial charge on any atom is 0.270 e. The average Bonchev–Trinajstić information content (AvgIpc) is 2.82. The lowest BCUT2D eigenvalue weighted by atomic mass is 10.2. The third kappa shape index (κ3) is 2.61. The van der Waals surface area contributed by atoms with E-state index in [0.717, 1.165) is 25.7 Å². The van der Waals surface area contributed by atoms with E-state index in [4.69, 9.17) is 4.74 Å². The maximum atomic E-state index is 10.9. The summed E-state index contributed by atoms with van der Waals surface area (Å²) in [6, 6.07) is 4.11. The fourth-order valence-electron chi connectivity index (χ4n) is 2.03. The minimum Gasteiger partial charge on any atom is -0.490 e. The van der Waals surface area contributed by atoms with E-state index in [0.29, 0.717) is 12.0 Å². The van der Waals surface area contributed by atoms with Gasteiger partial charge >= 0.3 is 0 Å². The molecule has 0 heterocycles. The minimum absolute atomic E-state index is 0.0918. The maximum absolute atomic E-state index is 10.9. The third-order valence-electron chi connectivity index (χ3n) is 2.93. The number of hydrogen-bond acceptors (Lipinski definition) is 4. The van der Waals surface area contributed by atoms with Crippen LogP contribution in [0.5, 0.6) is 5.75 Å².